The molecular weight excluding hydrogens is 687 g/mol. The Hall–Kier alpha value is -7.35. The number of aromatic nitrogens is 1. The second-order valence-corrected chi connectivity index (χ2v) is 15.3. The Kier molecular flexibility index (Phi) is 6.91. The van der Waals surface area contributed by atoms with Crippen molar-refractivity contribution in [3.8, 4) is 66.9 Å². The zero-order valence-electron chi connectivity index (χ0n) is 31.2. The van der Waals surface area contributed by atoms with Crippen molar-refractivity contribution in [1.29, 1.82) is 0 Å². The van der Waals surface area contributed by atoms with Crippen LogP contribution in [0.5, 0.6) is 0 Å². The van der Waals surface area contributed by atoms with Crippen LogP contribution in [0.4, 0.5) is 0 Å². The lowest BCUT2D eigenvalue weighted by atomic mass is 9.70. The van der Waals surface area contributed by atoms with Gasteiger partial charge in [-0.1, -0.05) is 200 Å². The SMILES string of the molecule is c1ccc(-c2ccc(-c3c4ccccc4c(-c4ccc(-c5cccc6c5-c5ccccc5C65c6ccccc6-c6ccccc65)nc4)c4ccccc34)cc2)cc1. The van der Waals surface area contributed by atoms with E-state index in [9.17, 15) is 0 Å². The molecule has 0 N–H and O–H groups in total. The Morgan fingerprint density at radius 3 is 1.26 bits per heavy atom. The van der Waals surface area contributed by atoms with Crippen molar-refractivity contribution in [1.82, 2.24) is 4.98 Å². The van der Waals surface area contributed by atoms with Crippen LogP contribution in [0.1, 0.15) is 22.3 Å². The summed E-state index contributed by atoms with van der Waals surface area (Å²) in [6.45, 7) is 0. The second kappa shape index (κ2) is 12.3. The first kappa shape index (κ1) is 31.9. The first-order chi connectivity index (χ1) is 28.3. The van der Waals surface area contributed by atoms with Gasteiger partial charge in [-0.05, 0) is 99.9 Å². The van der Waals surface area contributed by atoms with Gasteiger partial charge in [-0.15, -0.1) is 0 Å². The van der Waals surface area contributed by atoms with E-state index in [1.54, 1.807) is 0 Å². The number of fused-ring (bicyclic) bond motifs is 12. The van der Waals surface area contributed by atoms with E-state index in [-0.39, 0.29) is 5.41 Å². The van der Waals surface area contributed by atoms with E-state index < -0.39 is 0 Å². The van der Waals surface area contributed by atoms with Crippen molar-refractivity contribution in [2.75, 3.05) is 0 Å². The summed E-state index contributed by atoms with van der Waals surface area (Å²) in [5.41, 5.74) is 19.6. The molecule has 9 aromatic carbocycles. The fourth-order valence-corrected chi connectivity index (χ4v) is 10.3. The Morgan fingerprint density at radius 2 is 0.684 bits per heavy atom. The summed E-state index contributed by atoms with van der Waals surface area (Å²) in [6.07, 6.45) is 2.09. The van der Waals surface area contributed by atoms with Crippen LogP contribution in [-0.2, 0) is 5.41 Å². The van der Waals surface area contributed by atoms with Crippen molar-refractivity contribution in [2.24, 2.45) is 0 Å². The van der Waals surface area contributed by atoms with Gasteiger partial charge in [0, 0.05) is 17.3 Å². The first-order valence-corrected chi connectivity index (χ1v) is 19.8. The van der Waals surface area contributed by atoms with Gasteiger partial charge in [0.05, 0.1) is 11.1 Å². The monoisotopic (exact) mass is 721 g/mol. The minimum atomic E-state index is -0.378. The molecule has 0 fully saturated rings. The van der Waals surface area contributed by atoms with E-state index in [0.29, 0.717) is 0 Å². The molecule has 1 heterocycles. The van der Waals surface area contributed by atoms with Crippen LogP contribution < -0.4 is 0 Å². The number of hydrogen-bond acceptors (Lipinski definition) is 1. The Balaban J connectivity index is 1.02. The standard InChI is InChI=1S/C56H35N/c1-2-15-36(16-3-1)37-29-31-38(32-30-37)53-42-19-4-6-21-44(42)54(45-22-7-5-20-43(45)53)39-33-34-52(57-35-39)47-24-14-28-51-55(47)46-23-10-13-27-50(46)56(51)48-25-11-8-17-40(48)41-18-9-12-26-49(41)56/h1-35H. The third kappa shape index (κ3) is 4.48. The summed E-state index contributed by atoms with van der Waals surface area (Å²) in [4.78, 5) is 5.31. The highest BCUT2D eigenvalue weighted by atomic mass is 14.7. The van der Waals surface area contributed by atoms with E-state index in [4.69, 9.17) is 4.98 Å². The lowest BCUT2D eigenvalue weighted by Crippen LogP contribution is -2.25. The summed E-state index contributed by atoms with van der Waals surface area (Å²) in [6, 6.07) is 75.7. The maximum atomic E-state index is 5.31. The second-order valence-electron chi connectivity index (χ2n) is 15.3. The van der Waals surface area contributed by atoms with Crippen LogP contribution in [0.3, 0.4) is 0 Å². The Bertz CT molecular complexity index is 3110. The summed E-state index contributed by atoms with van der Waals surface area (Å²) >= 11 is 0. The van der Waals surface area contributed by atoms with Gasteiger partial charge in [0.15, 0.2) is 0 Å². The van der Waals surface area contributed by atoms with Crippen LogP contribution in [0.2, 0.25) is 0 Å². The highest BCUT2D eigenvalue weighted by Crippen LogP contribution is 2.63. The molecule has 10 aromatic rings. The summed E-state index contributed by atoms with van der Waals surface area (Å²) < 4.78 is 0. The molecule has 2 aliphatic carbocycles. The average Bonchev–Trinajstić information content (AvgIpc) is 3.76. The molecule has 0 unspecified atom stereocenters. The molecule has 0 radical (unpaired) electrons. The normalized spacial score (nSPS) is 13.1. The zero-order chi connectivity index (χ0) is 37.5. The van der Waals surface area contributed by atoms with Gasteiger partial charge in [0.1, 0.15) is 0 Å². The Labute approximate surface area is 332 Å². The highest BCUT2D eigenvalue weighted by molar-refractivity contribution is 6.21. The maximum absolute atomic E-state index is 5.31. The third-order valence-corrected chi connectivity index (χ3v) is 12.6. The quantitative estimate of drug-likeness (QED) is 0.165. The summed E-state index contributed by atoms with van der Waals surface area (Å²) in [5, 5.41) is 4.93. The largest absolute Gasteiger partial charge is 0.256 e. The number of nitrogens with zero attached hydrogens (tertiary/aromatic N) is 1. The maximum Gasteiger partial charge on any atom is 0.0725 e. The fourth-order valence-electron chi connectivity index (χ4n) is 10.3. The average molecular weight is 722 g/mol. The van der Waals surface area contributed by atoms with Crippen LogP contribution in [-0.4, -0.2) is 4.98 Å². The summed E-state index contributed by atoms with van der Waals surface area (Å²) in [5.74, 6) is 0. The first-order valence-electron chi connectivity index (χ1n) is 19.8. The van der Waals surface area contributed by atoms with Gasteiger partial charge in [0.25, 0.3) is 0 Å². The van der Waals surface area contributed by atoms with Gasteiger partial charge in [-0.3, -0.25) is 4.98 Å². The molecule has 12 rings (SSSR count). The molecule has 1 aromatic heterocycles. The van der Waals surface area contributed by atoms with Crippen LogP contribution >= 0.6 is 0 Å². The van der Waals surface area contributed by atoms with E-state index >= 15 is 0 Å². The predicted octanol–water partition coefficient (Wildman–Crippen LogP) is 14.4. The van der Waals surface area contributed by atoms with Crippen molar-refractivity contribution in [3.05, 3.63) is 235 Å². The lowest BCUT2D eigenvalue weighted by molar-refractivity contribution is 0.794. The zero-order valence-corrected chi connectivity index (χ0v) is 31.2. The van der Waals surface area contributed by atoms with E-state index in [1.165, 1.54) is 93.9 Å². The van der Waals surface area contributed by atoms with E-state index in [1.807, 2.05) is 0 Å². The predicted molar refractivity (Wildman–Crippen MR) is 237 cm³/mol. The molecule has 0 aliphatic heterocycles. The molecule has 0 bridgehead atoms. The molecule has 0 saturated carbocycles. The number of rotatable bonds is 4. The molecule has 0 saturated heterocycles. The Morgan fingerprint density at radius 1 is 0.263 bits per heavy atom. The molecule has 1 nitrogen and oxygen atoms in total. The minimum absolute atomic E-state index is 0.378. The molecule has 57 heavy (non-hydrogen) atoms. The molecule has 1 spiro atoms. The van der Waals surface area contributed by atoms with Crippen molar-refractivity contribution in [3.63, 3.8) is 0 Å². The molecule has 2 aliphatic rings. The lowest BCUT2D eigenvalue weighted by Gasteiger charge is -2.30. The van der Waals surface area contributed by atoms with Crippen LogP contribution in [0, 0.1) is 0 Å². The summed E-state index contributed by atoms with van der Waals surface area (Å²) in [7, 11) is 0. The number of pyridine rings is 1. The van der Waals surface area contributed by atoms with Crippen molar-refractivity contribution < 1.29 is 0 Å². The highest BCUT2D eigenvalue weighted by Gasteiger charge is 2.52. The van der Waals surface area contributed by atoms with Crippen molar-refractivity contribution >= 4 is 21.5 Å². The molecular formula is C56H35N. The fraction of sp³-hybridized carbons (Fsp3) is 0.0179. The number of hydrogen-bond donors (Lipinski definition) is 0. The topological polar surface area (TPSA) is 12.9 Å². The molecule has 264 valence electrons. The van der Waals surface area contributed by atoms with Gasteiger partial charge in [-0.25, -0.2) is 0 Å². The minimum Gasteiger partial charge on any atom is -0.256 e. The van der Waals surface area contributed by atoms with Crippen LogP contribution in [0.25, 0.3) is 88.4 Å². The third-order valence-electron chi connectivity index (χ3n) is 12.6. The smallest absolute Gasteiger partial charge is 0.0725 e. The molecule has 0 amide bonds. The molecule has 1 heteroatoms. The van der Waals surface area contributed by atoms with Gasteiger partial charge in [0.2, 0.25) is 0 Å². The molecule has 0 atom stereocenters. The van der Waals surface area contributed by atoms with E-state index in [0.717, 1.165) is 16.8 Å². The van der Waals surface area contributed by atoms with Gasteiger partial charge >= 0.3 is 0 Å². The van der Waals surface area contributed by atoms with E-state index in [2.05, 4.69) is 212 Å². The van der Waals surface area contributed by atoms with Gasteiger partial charge in [-0.2, -0.15) is 0 Å². The van der Waals surface area contributed by atoms with Crippen LogP contribution in [0.15, 0.2) is 212 Å². The van der Waals surface area contributed by atoms with Gasteiger partial charge < -0.3 is 0 Å². The number of benzene rings is 9. The van der Waals surface area contributed by atoms with Crippen molar-refractivity contribution in [2.45, 2.75) is 5.41 Å².